The van der Waals surface area contributed by atoms with E-state index in [2.05, 4.69) is 0 Å². The lowest BCUT2D eigenvalue weighted by molar-refractivity contribution is -0.136. The van der Waals surface area contributed by atoms with Crippen molar-refractivity contribution >= 4 is 18.0 Å². The van der Waals surface area contributed by atoms with E-state index in [4.69, 9.17) is 9.47 Å². The van der Waals surface area contributed by atoms with Gasteiger partial charge in [-0.3, -0.25) is 4.79 Å². The lowest BCUT2D eigenvalue weighted by atomic mass is 10.0. The highest BCUT2D eigenvalue weighted by Crippen LogP contribution is 2.30. The van der Waals surface area contributed by atoms with Gasteiger partial charge >= 0.3 is 5.97 Å². The number of esters is 1. The van der Waals surface area contributed by atoms with Crippen molar-refractivity contribution in [1.29, 1.82) is 0 Å². The molecule has 1 aliphatic heterocycles. The van der Waals surface area contributed by atoms with E-state index >= 15 is 0 Å². The second-order valence-electron chi connectivity index (χ2n) is 4.68. The number of nitrogens with zero attached hydrogens (tertiary/aromatic N) is 1. The third-order valence-electron chi connectivity index (χ3n) is 3.08. The number of methoxy groups -OCH3 is 1. The largest absolute Gasteiger partial charge is 0.492 e. The molecule has 0 bridgehead atoms. The second-order valence-corrected chi connectivity index (χ2v) is 4.68. The quantitative estimate of drug-likeness (QED) is 0.771. The molecule has 0 aliphatic carbocycles. The fraction of sp³-hybridized carbons (Fsp3) is 0.333. The van der Waals surface area contributed by atoms with Crippen molar-refractivity contribution in [1.82, 2.24) is 4.90 Å². The summed E-state index contributed by atoms with van der Waals surface area (Å²) >= 11 is 0. The molecular weight excluding hydrogens is 258 g/mol. The molecule has 5 heteroatoms. The van der Waals surface area contributed by atoms with Crippen molar-refractivity contribution in [2.24, 2.45) is 0 Å². The van der Waals surface area contributed by atoms with Gasteiger partial charge in [0.15, 0.2) is 0 Å². The first-order valence-corrected chi connectivity index (χ1v) is 6.31. The van der Waals surface area contributed by atoms with Crippen LogP contribution in [0.4, 0.5) is 0 Å². The van der Waals surface area contributed by atoms with Gasteiger partial charge in [-0.15, -0.1) is 0 Å². The molecule has 1 amide bonds. The normalized spacial score (nSPS) is 13.4. The number of hydrogen-bond donors (Lipinski definition) is 0. The first kappa shape index (κ1) is 14.1. The number of para-hydroxylation sites is 1. The van der Waals surface area contributed by atoms with Gasteiger partial charge in [0, 0.05) is 31.7 Å². The summed E-state index contributed by atoms with van der Waals surface area (Å²) in [5, 5.41) is 0. The topological polar surface area (TPSA) is 55.8 Å². The minimum Gasteiger partial charge on any atom is -0.492 e. The smallest absolute Gasteiger partial charge is 0.333 e. The van der Waals surface area contributed by atoms with E-state index in [9.17, 15) is 9.59 Å². The van der Waals surface area contributed by atoms with Crippen LogP contribution in [0.2, 0.25) is 0 Å². The predicted octanol–water partition coefficient (Wildman–Crippen LogP) is 1.73. The van der Waals surface area contributed by atoms with Crippen molar-refractivity contribution in [2.75, 3.05) is 27.8 Å². The van der Waals surface area contributed by atoms with Crippen LogP contribution in [0, 0.1) is 0 Å². The maximum absolute atomic E-state index is 12.1. The SMILES string of the molecule is COC(=O)C1=Cc2cccc(C(=O)N(C)C)c2OCC1. The van der Waals surface area contributed by atoms with Crippen LogP contribution < -0.4 is 4.74 Å². The van der Waals surface area contributed by atoms with Crippen molar-refractivity contribution in [3.05, 3.63) is 34.9 Å². The van der Waals surface area contributed by atoms with Crippen LogP contribution >= 0.6 is 0 Å². The Morgan fingerprint density at radius 2 is 2.05 bits per heavy atom. The molecule has 0 aromatic heterocycles. The number of ether oxygens (including phenoxy) is 2. The van der Waals surface area contributed by atoms with Crippen LogP contribution in [-0.4, -0.2) is 44.6 Å². The lowest BCUT2D eigenvalue weighted by Crippen LogP contribution is -2.22. The van der Waals surface area contributed by atoms with E-state index in [1.165, 1.54) is 12.0 Å². The summed E-state index contributed by atoms with van der Waals surface area (Å²) in [6.07, 6.45) is 2.18. The van der Waals surface area contributed by atoms with Crippen molar-refractivity contribution < 1.29 is 19.1 Å². The summed E-state index contributed by atoms with van der Waals surface area (Å²) < 4.78 is 10.4. The summed E-state index contributed by atoms with van der Waals surface area (Å²) in [5.41, 5.74) is 1.76. The van der Waals surface area contributed by atoms with Gasteiger partial charge in [-0.05, 0) is 12.1 Å². The number of benzene rings is 1. The molecule has 0 spiro atoms. The molecule has 0 N–H and O–H groups in total. The molecule has 0 saturated heterocycles. The average Bonchev–Trinajstić information content (AvgIpc) is 2.67. The minimum atomic E-state index is -0.370. The van der Waals surface area contributed by atoms with Gasteiger partial charge in [-0.1, -0.05) is 12.1 Å². The van der Waals surface area contributed by atoms with Gasteiger partial charge in [0.25, 0.3) is 5.91 Å². The Labute approximate surface area is 117 Å². The van der Waals surface area contributed by atoms with Gasteiger partial charge in [0.2, 0.25) is 0 Å². The molecule has 0 unspecified atom stereocenters. The fourth-order valence-electron chi connectivity index (χ4n) is 2.05. The molecule has 1 aliphatic rings. The number of fused-ring (bicyclic) bond motifs is 1. The summed E-state index contributed by atoms with van der Waals surface area (Å²) in [4.78, 5) is 25.3. The monoisotopic (exact) mass is 275 g/mol. The van der Waals surface area contributed by atoms with Crippen LogP contribution in [0.15, 0.2) is 23.8 Å². The third kappa shape index (κ3) is 2.66. The fourth-order valence-corrected chi connectivity index (χ4v) is 2.05. The van der Waals surface area contributed by atoms with Crippen molar-refractivity contribution in [3.63, 3.8) is 0 Å². The molecule has 0 atom stereocenters. The zero-order valence-electron chi connectivity index (χ0n) is 11.8. The van der Waals surface area contributed by atoms with E-state index in [1.807, 2.05) is 6.07 Å². The van der Waals surface area contributed by atoms with E-state index in [1.54, 1.807) is 32.3 Å². The molecule has 0 fully saturated rings. The predicted molar refractivity (Wildman–Crippen MR) is 74.6 cm³/mol. The summed E-state index contributed by atoms with van der Waals surface area (Å²) in [5.74, 6) is 0.0210. The molecule has 20 heavy (non-hydrogen) atoms. The molecule has 1 aromatic rings. The van der Waals surface area contributed by atoms with Gasteiger partial charge in [-0.25, -0.2) is 4.79 Å². The molecule has 1 heterocycles. The highest BCUT2D eigenvalue weighted by atomic mass is 16.5. The van der Waals surface area contributed by atoms with Crippen LogP contribution in [-0.2, 0) is 9.53 Å². The van der Waals surface area contributed by atoms with E-state index in [0.29, 0.717) is 29.9 Å². The molecule has 106 valence electrons. The minimum absolute atomic E-state index is 0.128. The summed E-state index contributed by atoms with van der Waals surface area (Å²) in [6, 6.07) is 5.31. The van der Waals surface area contributed by atoms with Crippen LogP contribution in [0.1, 0.15) is 22.3 Å². The standard InChI is InChI=1S/C15H17NO4/c1-16(2)14(17)12-6-4-5-10-9-11(15(18)19-3)7-8-20-13(10)12/h4-6,9H,7-8H2,1-3H3. The van der Waals surface area contributed by atoms with Crippen molar-refractivity contribution in [2.45, 2.75) is 6.42 Å². The number of hydrogen-bond acceptors (Lipinski definition) is 4. The zero-order chi connectivity index (χ0) is 14.7. The molecule has 5 nitrogen and oxygen atoms in total. The number of amides is 1. The Balaban J connectivity index is 2.48. The number of carbonyl (C=O) groups excluding carboxylic acids is 2. The summed E-state index contributed by atoms with van der Waals surface area (Å²) in [7, 11) is 4.73. The first-order chi connectivity index (χ1) is 9.54. The highest BCUT2D eigenvalue weighted by Gasteiger charge is 2.21. The molecule has 2 rings (SSSR count). The number of rotatable bonds is 2. The highest BCUT2D eigenvalue weighted by molar-refractivity contribution is 5.99. The van der Waals surface area contributed by atoms with Crippen LogP contribution in [0.25, 0.3) is 6.08 Å². The van der Waals surface area contributed by atoms with Crippen LogP contribution in [0.5, 0.6) is 5.75 Å². The Kier molecular flexibility index (Phi) is 4.08. The van der Waals surface area contributed by atoms with Gasteiger partial charge in [0.05, 0.1) is 19.3 Å². The summed E-state index contributed by atoms with van der Waals surface area (Å²) in [6.45, 7) is 0.339. The molecule has 1 aromatic carbocycles. The maximum atomic E-state index is 12.1. The first-order valence-electron chi connectivity index (χ1n) is 6.31. The Hall–Kier alpha value is -2.30. The molecular formula is C15H17NO4. The average molecular weight is 275 g/mol. The second kappa shape index (κ2) is 5.77. The zero-order valence-corrected chi connectivity index (χ0v) is 11.8. The molecule has 0 radical (unpaired) electrons. The third-order valence-corrected chi connectivity index (χ3v) is 3.08. The lowest BCUT2D eigenvalue weighted by Gasteiger charge is -2.15. The van der Waals surface area contributed by atoms with Gasteiger partial charge in [-0.2, -0.15) is 0 Å². The van der Waals surface area contributed by atoms with E-state index in [-0.39, 0.29) is 11.9 Å². The van der Waals surface area contributed by atoms with E-state index < -0.39 is 0 Å². The van der Waals surface area contributed by atoms with Crippen LogP contribution in [0.3, 0.4) is 0 Å². The molecule has 0 saturated carbocycles. The van der Waals surface area contributed by atoms with Crippen molar-refractivity contribution in [3.8, 4) is 5.75 Å². The Morgan fingerprint density at radius 1 is 1.30 bits per heavy atom. The van der Waals surface area contributed by atoms with Gasteiger partial charge < -0.3 is 14.4 Å². The Morgan fingerprint density at radius 3 is 2.70 bits per heavy atom. The van der Waals surface area contributed by atoms with E-state index in [0.717, 1.165) is 5.56 Å². The Bertz CT molecular complexity index is 575. The maximum Gasteiger partial charge on any atom is 0.333 e. The van der Waals surface area contributed by atoms with Gasteiger partial charge in [0.1, 0.15) is 5.75 Å². The number of carbonyl (C=O) groups is 2.